The number of aromatic nitrogens is 2. The molecule has 0 bridgehead atoms. The molecule has 0 unspecified atom stereocenters. The van der Waals surface area contributed by atoms with Crippen LogP contribution in [0.5, 0.6) is 0 Å². The van der Waals surface area contributed by atoms with E-state index >= 15 is 0 Å². The Balaban J connectivity index is 2.40. The summed E-state index contributed by atoms with van der Waals surface area (Å²) in [5.41, 5.74) is 1.49. The summed E-state index contributed by atoms with van der Waals surface area (Å²) in [7, 11) is 0. The third-order valence-corrected chi connectivity index (χ3v) is 2.38. The lowest BCUT2D eigenvalue weighted by atomic mass is 10.1. The second kappa shape index (κ2) is 3.34. The van der Waals surface area contributed by atoms with E-state index in [2.05, 4.69) is 4.98 Å². The third-order valence-electron chi connectivity index (χ3n) is 2.38. The van der Waals surface area contributed by atoms with Gasteiger partial charge in [0.25, 0.3) is 0 Å². The second-order valence-corrected chi connectivity index (χ2v) is 3.39. The molecule has 0 aliphatic rings. The molecule has 0 saturated heterocycles. The molecule has 0 atom stereocenters. The van der Waals surface area contributed by atoms with Crippen LogP contribution < -0.4 is 5.63 Å². The average molecular weight is 212 g/mol. The molecule has 0 saturated carbocycles. The summed E-state index contributed by atoms with van der Waals surface area (Å²) in [5.74, 6) is 0. The van der Waals surface area contributed by atoms with Crippen LogP contribution in [0, 0.1) is 0 Å². The fraction of sp³-hybridized carbons (Fsp3) is 0. The van der Waals surface area contributed by atoms with Crippen LogP contribution in [0.15, 0.2) is 58.1 Å². The van der Waals surface area contributed by atoms with Crippen molar-refractivity contribution in [1.82, 2.24) is 9.56 Å². The highest BCUT2D eigenvalue weighted by atomic mass is 16.5. The first-order chi connectivity index (χ1) is 7.86. The van der Waals surface area contributed by atoms with E-state index in [1.54, 1.807) is 18.5 Å². The van der Waals surface area contributed by atoms with Crippen LogP contribution in [0.1, 0.15) is 0 Å². The van der Waals surface area contributed by atoms with Gasteiger partial charge in [0.05, 0.1) is 0 Å². The summed E-state index contributed by atoms with van der Waals surface area (Å²) in [6, 6.07) is 11.1. The molecule has 3 aromatic rings. The monoisotopic (exact) mass is 212 g/mol. The quantitative estimate of drug-likeness (QED) is 0.619. The number of hydrogen-bond acceptors (Lipinski definition) is 3. The van der Waals surface area contributed by atoms with Gasteiger partial charge >= 0.3 is 5.63 Å². The van der Waals surface area contributed by atoms with Gasteiger partial charge in [-0.25, -0.2) is 9.78 Å². The molecule has 3 rings (SSSR count). The van der Waals surface area contributed by atoms with Crippen LogP contribution in [0.3, 0.4) is 0 Å². The zero-order valence-corrected chi connectivity index (χ0v) is 8.33. The molecular weight excluding hydrogens is 204 g/mol. The summed E-state index contributed by atoms with van der Waals surface area (Å²) in [6.07, 6.45) is 3.30. The largest absolute Gasteiger partial charge is 0.368 e. The van der Waals surface area contributed by atoms with Crippen LogP contribution in [0.25, 0.3) is 16.8 Å². The van der Waals surface area contributed by atoms with Crippen LogP contribution in [0.4, 0.5) is 0 Å². The van der Waals surface area contributed by atoms with Crippen LogP contribution in [-0.2, 0) is 0 Å². The minimum atomic E-state index is -0.370. The van der Waals surface area contributed by atoms with Crippen molar-refractivity contribution in [1.29, 1.82) is 0 Å². The Kier molecular flexibility index (Phi) is 1.86. The van der Waals surface area contributed by atoms with Gasteiger partial charge in [0, 0.05) is 12.4 Å². The van der Waals surface area contributed by atoms with E-state index in [-0.39, 0.29) is 5.63 Å². The molecule has 0 spiro atoms. The van der Waals surface area contributed by atoms with E-state index in [1.165, 1.54) is 4.57 Å². The Morgan fingerprint density at radius 2 is 1.94 bits per heavy atom. The molecule has 0 fully saturated rings. The standard InChI is InChI=1S/C12H8N2O2/c15-12-10(9-5-2-1-3-6-9)11-13-7-4-8-14(11)16-12/h1-8H. The van der Waals surface area contributed by atoms with Crippen LogP contribution >= 0.6 is 0 Å². The molecule has 0 aliphatic heterocycles. The maximum absolute atomic E-state index is 11.7. The van der Waals surface area contributed by atoms with Gasteiger partial charge < -0.3 is 4.52 Å². The fourth-order valence-corrected chi connectivity index (χ4v) is 1.68. The number of hydrogen-bond donors (Lipinski definition) is 0. The SMILES string of the molecule is O=c1on2cccnc2c1-c1ccccc1. The zero-order valence-electron chi connectivity index (χ0n) is 8.33. The highest BCUT2D eigenvalue weighted by Gasteiger charge is 2.13. The van der Waals surface area contributed by atoms with Crippen molar-refractivity contribution in [3.63, 3.8) is 0 Å². The Morgan fingerprint density at radius 3 is 2.75 bits per heavy atom. The fourth-order valence-electron chi connectivity index (χ4n) is 1.68. The summed E-state index contributed by atoms with van der Waals surface area (Å²) >= 11 is 0. The van der Waals surface area contributed by atoms with Gasteiger partial charge in [0.15, 0.2) is 5.65 Å². The van der Waals surface area contributed by atoms with E-state index in [0.29, 0.717) is 11.2 Å². The Hall–Kier alpha value is -2.36. The Bertz CT molecular complexity index is 683. The second-order valence-electron chi connectivity index (χ2n) is 3.39. The maximum Gasteiger partial charge on any atom is 0.368 e. The molecule has 2 heterocycles. The lowest BCUT2D eigenvalue weighted by Gasteiger charge is -1.94. The number of fused-ring (bicyclic) bond motifs is 1. The first-order valence-corrected chi connectivity index (χ1v) is 4.88. The molecule has 4 nitrogen and oxygen atoms in total. The molecule has 78 valence electrons. The smallest absolute Gasteiger partial charge is 0.329 e. The summed E-state index contributed by atoms with van der Waals surface area (Å²) in [5, 5.41) is 0. The number of benzene rings is 1. The molecule has 0 amide bonds. The van der Waals surface area contributed by atoms with Gasteiger partial charge in [-0.1, -0.05) is 30.3 Å². The summed E-state index contributed by atoms with van der Waals surface area (Å²) in [4.78, 5) is 15.9. The topological polar surface area (TPSA) is 47.5 Å². The minimum Gasteiger partial charge on any atom is -0.329 e. The summed E-state index contributed by atoms with van der Waals surface area (Å²) < 4.78 is 6.43. The highest BCUT2D eigenvalue weighted by molar-refractivity contribution is 5.75. The first-order valence-electron chi connectivity index (χ1n) is 4.88. The van der Waals surface area contributed by atoms with E-state index in [9.17, 15) is 4.79 Å². The van der Waals surface area contributed by atoms with E-state index < -0.39 is 0 Å². The van der Waals surface area contributed by atoms with Crippen molar-refractivity contribution >= 4 is 5.65 Å². The van der Waals surface area contributed by atoms with Gasteiger partial charge in [-0.2, -0.15) is 4.57 Å². The van der Waals surface area contributed by atoms with Crippen molar-refractivity contribution < 1.29 is 4.52 Å². The molecule has 0 radical (unpaired) electrons. The van der Waals surface area contributed by atoms with Crippen LogP contribution in [-0.4, -0.2) is 9.56 Å². The van der Waals surface area contributed by atoms with Gasteiger partial charge in [-0.3, -0.25) is 0 Å². The first kappa shape index (κ1) is 8.91. The number of rotatable bonds is 1. The molecule has 0 aliphatic carbocycles. The average Bonchev–Trinajstić information content (AvgIpc) is 2.66. The minimum absolute atomic E-state index is 0.370. The van der Waals surface area contributed by atoms with Gasteiger partial charge in [0.1, 0.15) is 5.56 Å². The highest BCUT2D eigenvalue weighted by Crippen LogP contribution is 2.19. The van der Waals surface area contributed by atoms with Crippen molar-refractivity contribution in [2.45, 2.75) is 0 Å². The maximum atomic E-state index is 11.7. The van der Waals surface area contributed by atoms with Crippen molar-refractivity contribution in [3.8, 4) is 11.1 Å². The molecule has 1 aromatic carbocycles. The van der Waals surface area contributed by atoms with Crippen molar-refractivity contribution in [2.24, 2.45) is 0 Å². The lowest BCUT2D eigenvalue weighted by Crippen LogP contribution is -1.95. The van der Waals surface area contributed by atoms with E-state index in [4.69, 9.17) is 4.52 Å². The van der Waals surface area contributed by atoms with Gasteiger partial charge in [-0.05, 0) is 11.6 Å². The molecule has 16 heavy (non-hydrogen) atoms. The van der Waals surface area contributed by atoms with Crippen LogP contribution in [0.2, 0.25) is 0 Å². The molecule has 4 heteroatoms. The molecule has 0 N–H and O–H groups in total. The Labute approximate surface area is 90.7 Å². The predicted octanol–water partition coefficient (Wildman–Crippen LogP) is 1.95. The van der Waals surface area contributed by atoms with E-state index in [0.717, 1.165) is 5.56 Å². The van der Waals surface area contributed by atoms with Gasteiger partial charge in [-0.15, -0.1) is 0 Å². The molecule has 2 aromatic heterocycles. The van der Waals surface area contributed by atoms with E-state index in [1.807, 2.05) is 30.3 Å². The predicted molar refractivity (Wildman–Crippen MR) is 59.2 cm³/mol. The lowest BCUT2D eigenvalue weighted by molar-refractivity contribution is 0.348. The normalized spacial score (nSPS) is 10.8. The van der Waals surface area contributed by atoms with Gasteiger partial charge in [0.2, 0.25) is 0 Å². The zero-order chi connectivity index (χ0) is 11.0. The third kappa shape index (κ3) is 1.24. The summed E-state index contributed by atoms with van der Waals surface area (Å²) in [6.45, 7) is 0. The van der Waals surface area contributed by atoms with Crippen molar-refractivity contribution in [2.75, 3.05) is 0 Å². The number of nitrogens with zero attached hydrogens (tertiary/aromatic N) is 2. The van der Waals surface area contributed by atoms with Crippen molar-refractivity contribution in [3.05, 3.63) is 59.2 Å². The Morgan fingerprint density at radius 1 is 1.12 bits per heavy atom. The molecular formula is C12H8N2O2.